The molecule has 1 saturated carbocycles. The van der Waals surface area contributed by atoms with E-state index < -0.39 is 0 Å². The van der Waals surface area contributed by atoms with Gasteiger partial charge >= 0.3 is 0 Å². The molecule has 2 aliphatic rings. The van der Waals surface area contributed by atoms with Crippen molar-refractivity contribution >= 4 is 0 Å². The van der Waals surface area contributed by atoms with Crippen molar-refractivity contribution in [2.75, 3.05) is 26.4 Å². The summed E-state index contributed by atoms with van der Waals surface area (Å²) in [6, 6.07) is 6.48. The smallest absolute Gasteiger partial charge is 0.203 e. The van der Waals surface area contributed by atoms with Crippen LogP contribution in [0.15, 0.2) is 18.2 Å². The molecular formula is C16H23NO3. The SMILES string of the molecule is c1cc(OCCNC2CCCCC2)c2c(c1)OCCO2. The molecule has 0 amide bonds. The number of hydrogen-bond donors (Lipinski definition) is 1. The maximum Gasteiger partial charge on any atom is 0.203 e. The molecule has 0 spiro atoms. The lowest BCUT2D eigenvalue weighted by atomic mass is 9.96. The summed E-state index contributed by atoms with van der Waals surface area (Å²) >= 11 is 0. The second-order valence-corrected chi connectivity index (χ2v) is 5.42. The third-order valence-corrected chi connectivity index (χ3v) is 3.93. The first-order valence-electron chi connectivity index (χ1n) is 7.68. The molecule has 1 aliphatic heterocycles. The van der Waals surface area contributed by atoms with E-state index in [0.717, 1.165) is 23.8 Å². The topological polar surface area (TPSA) is 39.7 Å². The van der Waals surface area contributed by atoms with Gasteiger partial charge in [-0.05, 0) is 25.0 Å². The summed E-state index contributed by atoms with van der Waals surface area (Å²) in [6.45, 7) is 2.75. The fourth-order valence-corrected chi connectivity index (χ4v) is 2.89. The Bertz CT molecular complexity index is 430. The number of para-hydroxylation sites is 1. The van der Waals surface area contributed by atoms with Gasteiger partial charge in [0.2, 0.25) is 5.75 Å². The number of fused-ring (bicyclic) bond motifs is 1. The highest BCUT2D eigenvalue weighted by Crippen LogP contribution is 2.38. The van der Waals surface area contributed by atoms with Crippen LogP contribution in [0.25, 0.3) is 0 Å². The summed E-state index contributed by atoms with van der Waals surface area (Å²) in [4.78, 5) is 0. The van der Waals surface area contributed by atoms with E-state index in [0.29, 0.717) is 25.9 Å². The Labute approximate surface area is 120 Å². The van der Waals surface area contributed by atoms with Crippen molar-refractivity contribution in [2.45, 2.75) is 38.1 Å². The Balaban J connectivity index is 1.46. The van der Waals surface area contributed by atoms with Crippen LogP contribution in [0.5, 0.6) is 17.2 Å². The number of rotatable bonds is 5. The van der Waals surface area contributed by atoms with Gasteiger partial charge in [0.1, 0.15) is 19.8 Å². The second-order valence-electron chi connectivity index (χ2n) is 5.42. The molecule has 20 heavy (non-hydrogen) atoms. The van der Waals surface area contributed by atoms with Gasteiger partial charge in [-0.15, -0.1) is 0 Å². The molecule has 1 heterocycles. The van der Waals surface area contributed by atoms with Gasteiger partial charge < -0.3 is 19.5 Å². The molecule has 0 atom stereocenters. The van der Waals surface area contributed by atoms with Gasteiger partial charge in [-0.25, -0.2) is 0 Å². The highest BCUT2D eigenvalue weighted by atomic mass is 16.6. The van der Waals surface area contributed by atoms with Crippen LogP contribution in [0, 0.1) is 0 Å². The van der Waals surface area contributed by atoms with Gasteiger partial charge in [0.25, 0.3) is 0 Å². The minimum Gasteiger partial charge on any atom is -0.488 e. The predicted molar refractivity (Wildman–Crippen MR) is 77.8 cm³/mol. The molecule has 0 aromatic heterocycles. The fraction of sp³-hybridized carbons (Fsp3) is 0.625. The molecule has 110 valence electrons. The van der Waals surface area contributed by atoms with Crippen LogP contribution >= 0.6 is 0 Å². The third kappa shape index (κ3) is 3.37. The number of nitrogens with one attached hydrogen (secondary N) is 1. The Kier molecular flexibility index (Phi) is 4.64. The van der Waals surface area contributed by atoms with Crippen molar-refractivity contribution in [1.82, 2.24) is 5.32 Å². The van der Waals surface area contributed by atoms with Gasteiger partial charge in [-0.3, -0.25) is 0 Å². The Morgan fingerprint density at radius 1 is 1.10 bits per heavy atom. The van der Waals surface area contributed by atoms with Gasteiger partial charge in [-0.1, -0.05) is 25.3 Å². The monoisotopic (exact) mass is 277 g/mol. The Hall–Kier alpha value is -1.42. The molecule has 0 radical (unpaired) electrons. The van der Waals surface area contributed by atoms with E-state index in [9.17, 15) is 0 Å². The van der Waals surface area contributed by atoms with E-state index in [-0.39, 0.29) is 0 Å². The maximum atomic E-state index is 5.83. The fourth-order valence-electron chi connectivity index (χ4n) is 2.89. The molecule has 1 N–H and O–H groups in total. The van der Waals surface area contributed by atoms with Crippen molar-refractivity contribution in [3.8, 4) is 17.2 Å². The molecule has 1 aliphatic carbocycles. The zero-order chi connectivity index (χ0) is 13.6. The predicted octanol–water partition coefficient (Wildman–Crippen LogP) is 2.76. The molecule has 1 fully saturated rings. The lowest BCUT2D eigenvalue weighted by molar-refractivity contribution is 0.161. The highest BCUT2D eigenvalue weighted by molar-refractivity contribution is 5.51. The minimum atomic E-state index is 0.591. The third-order valence-electron chi connectivity index (χ3n) is 3.93. The van der Waals surface area contributed by atoms with Crippen molar-refractivity contribution in [1.29, 1.82) is 0 Å². The largest absolute Gasteiger partial charge is 0.488 e. The molecule has 0 unspecified atom stereocenters. The minimum absolute atomic E-state index is 0.591. The van der Waals surface area contributed by atoms with Gasteiger partial charge in [-0.2, -0.15) is 0 Å². The van der Waals surface area contributed by atoms with Crippen LogP contribution in [0.2, 0.25) is 0 Å². The first kappa shape index (κ1) is 13.6. The van der Waals surface area contributed by atoms with Gasteiger partial charge in [0, 0.05) is 12.6 Å². The van der Waals surface area contributed by atoms with E-state index in [1.165, 1.54) is 32.1 Å². The average molecular weight is 277 g/mol. The first-order chi connectivity index (χ1) is 9.93. The highest BCUT2D eigenvalue weighted by Gasteiger charge is 2.17. The van der Waals surface area contributed by atoms with Crippen molar-refractivity contribution in [3.05, 3.63) is 18.2 Å². The van der Waals surface area contributed by atoms with Crippen molar-refractivity contribution in [2.24, 2.45) is 0 Å². The molecule has 0 saturated heterocycles. The molecule has 1 aromatic carbocycles. The lowest BCUT2D eigenvalue weighted by Gasteiger charge is -2.23. The van der Waals surface area contributed by atoms with Crippen LogP contribution in [0.3, 0.4) is 0 Å². The van der Waals surface area contributed by atoms with E-state index in [4.69, 9.17) is 14.2 Å². The molecular weight excluding hydrogens is 254 g/mol. The summed E-state index contributed by atoms with van der Waals surface area (Å²) in [6.07, 6.45) is 6.71. The quantitative estimate of drug-likeness (QED) is 0.840. The van der Waals surface area contributed by atoms with E-state index in [1.54, 1.807) is 0 Å². The molecule has 0 bridgehead atoms. The van der Waals surface area contributed by atoms with E-state index in [2.05, 4.69) is 5.32 Å². The molecule has 3 rings (SSSR count). The number of ether oxygens (including phenoxy) is 3. The van der Waals surface area contributed by atoms with Crippen LogP contribution in [-0.2, 0) is 0 Å². The zero-order valence-corrected chi connectivity index (χ0v) is 11.9. The van der Waals surface area contributed by atoms with Crippen molar-refractivity contribution < 1.29 is 14.2 Å². The molecule has 4 heteroatoms. The first-order valence-corrected chi connectivity index (χ1v) is 7.68. The van der Waals surface area contributed by atoms with Gasteiger partial charge in [0.05, 0.1) is 0 Å². The summed E-state index contributed by atoms with van der Waals surface area (Å²) in [5.41, 5.74) is 0. The van der Waals surface area contributed by atoms with Crippen LogP contribution in [0.1, 0.15) is 32.1 Å². The van der Waals surface area contributed by atoms with Gasteiger partial charge in [0.15, 0.2) is 11.5 Å². The summed E-state index contributed by atoms with van der Waals surface area (Å²) in [7, 11) is 0. The summed E-state index contributed by atoms with van der Waals surface area (Å²) in [5.74, 6) is 2.32. The normalized spacial score (nSPS) is 18.8. The summed E-state index contributed by atoms with van der Waals surface area (Å²) in [5, 5.41) is 3.57. The number of benzene rings is 1. The summed E-state index contributed by atoms with van der Waals surface area (Å²) < 4.78 is 17.0. The molecule has 4 nitrogen and oxygen atoms in total. The Morgan fingerprint density at radius 3 is 2.85 bits per heavy atom. The number of hydrogen-bond acceptors (Lipinski definition) is 4. The van der Waals surface area contributed by atoms with E-state index in [1.807, 2.05) is 18.2 Å². The van der Waals surface area contributed by atoms with Crippen LogP contribution in [-0.4, -0.2) is 32.4 Å². The average Bonchev–Trinajstić information content (AvgIpc) is 2.53. The Morgan fingerprint density at radius 2 is 1.95 bits per heavy atom. The zero-order valence-electron chi connectivity index (χ0n) is 11.9. The standard InChI is InChI=1S/C16H23NO3/c1-2-5-13(6-3-1)17-9-10-18-14-7-4-8-15-16(14)20-12-11-19-15/h4,7-8,13,17H,1-3,5-6,9-12H2. The maximum absolute atomic E-state index is 5.83. The van der Waals surface area contributed by atoms with Crippen LogP contribution < -0.4 is 19.5 Å². The molecule has 1 aromatic rings. The second kappa shape index (κ2) is 6.84. The van der Waals surface area contributed by atoms with E-state index >= 15 is 0 Å². The van der Waals surface area contributed by atoms with Crippen molar-refractivity contribution in [3.63, 3.8) is 0 Å². The lowest BCUT2D eigenvalue weighted by Crippen LogP contribution is -2.34. The van der Waals surface area contributed by atoms with Crippen LogP contribution in [0.4, 0.5) is 0 Å².